The average Bonchev–Trinajstić information content (AvgIpc) is 2.64. The molecule has 1 amide bonds. The first-order valence-electron chi connectivity index (χ1n) is 8.90. The third-order valence-electron chi connectivity index (χ3n) is 3.82. The normalized spacial score (nSPS) is 12.9. The molecule has 2 unspecified atom stereocenters. The Bertz CT molecular complexity index is 832. The molecule has 0 aromatic heterocycles. The lowest BCUT2D eigenvalue weighted by Gasteiger charge is -2.22. The summed E-state index contributed by atoms with van der Waals surface area (Å²) in [5, 5.41) is 13.9. The van der Waals surface area contributed by atoms with Crippen LogP contribution < -0.4 is 10.6 Å². The zero-order valence-corrected chi connectivity index (χ0v) is 17.0. The van der Waals surface area contributed by atoms with Gasteiger partial charge in [0, 0.05) is 29.8 Å². The number of nitro benzene ring substituents is 1. The SMILES string of the molecule is CC(C)(C)NC(=O)C(CCc1ccccc1)O[P+](=O)c1ccc([N+](=O)[O-])cc1. The van der Waals surface area contributed by atoms with Crippen molar-refractivity contribution in [2.24, 2.45) is 0 Å². The largest absolute Gasteiger partial charge is 0.549 e. The zero-order valence-electron chi connectivity index (χ0n) is 16.1. The summed E-state index contributed by atoms with van der Waals surface area (Å²) in [5.41, 5.74) is 0.494. The Hall–Kier alpha value is -2.63. The Morgan fingerprint density at radius 3 is 2.29 bits per heavy atom. The predicted octanol–water partition coefficient (Wildman–Crippen LogP) is 3.90. The van der Waals surface area contributed by atoms with E-state index in [9.17, 15) is 19.5 Å². The minimum atomic E-state index is -2.33. The molecule has 2 rings (SSSR count). The molecule has 0 saturated carbocycles. The van der Waals surface area contributed by atoms with Gasteiger partial charge in [-0.2, -0.15) is 0 Å². The molecule has 28 heavy (non-hydrogen) atoms. The lowest BCUT2D eigenvalue weighted by Crippen LogP contribution is -2.46. The van der Waals surface area contributed by atoms with Crippen LogP contribution in [0.3, 0.4) is 0 Å². The van der Waals surface area contributed by atoms with E-state index in [2.05, 4.69) is 5.32 Å². The Kier molecular flexibility index (Phi) is 7.38. The van der Waals surface area contributed by atoms with Gasteiger partial charge in [-0.25, -0.2) is 0 Å². The molecule has 0 heterocycles. The van der Waals surface area contributed by atoms with Crippen LogP contribution in [0.4, 0.5) is 5.69 Å². The van der Waals surface area contributed by atoms with Crippen molar-refractivity contribution >= 4 is 24.9 Å². The van der Waals surface area contributed by atoms with Gasteiger partial charge >= 0.3 is 8.03 Å². The van der Waals surface area contributed by atoms with Gasteiger partial charge in [-0.3, -0.25) is 14.9 Å². The van der Waals surface area contributed by atoms with Crippen LogP contribution in [0.15, 0.2) is 54.6 Å². The monoisotopic (exact) mass is 403 g/mol. The molecule has 8 heteroatoms. The summed E-state index contributed by atoms with van der Waals surface area (Å²) in [6.45, 7) is 5.57. The van der Waals surface area contributed by atoms with E-state index >= 15 is 0 Å². The van der Waals surface area contributed by atoms with Crippen molar-refractivity contribution in [2.75, 3.05) is 0 Å². The summed E-state index contributed by atoms with van der Waals surface area (Å²) in [4.78, 5) is 22.9. The minimum absolute atomic E-state index is 0.0988. The van der Waals surface area contributed by atoms with Gasteiger partial charge in [0.05, 0.1) is 4.92 Å². The first kappa shape index (κ1) is 21.7. The summed E-state index contributed by atoms with van der Waals surface area (Å²) in [5.74, 6) is -0.339. The van der Waals surface area contributed by atoms with Crippen molar-refractivity contribution in [1.29, 1.82) is 0 Å². The highest BCUT2D eigenvalue weighted by Crippen LogP contribution is 2.27. The Labute approximate surface area is 165 Å². The van der Waals surface area contributed by atoms with Crippen molar-refractivity contribution in [3.05, 3.63) is 70.3 Å². The van der Waals surface area contributed by atoms with E-state index in [1.165, 1.54) is 24.3 Å². The quantitative estimate of drug-likeness (QED) is 0.410. The Morgan fingerprint density at radius 1 is 1.14 bits per heavy atom. The zero-order chi connectivity index (χ0) is 20.7. The Morgan fingerprint density at radius 2 is 1.75 bits per heavy atom. The third kappa shape index (κ3) is 6.83. The van der Waals surface area contributed by atoms with E-state index in [0.29, 0.717) is 18.1 Å². The fourth-order valence-electron chi connectivity index (χ4n) is 2.50. The van der Waals surface area contributed by atoms with Gasteiger partial charge < -0.3 is 5.32 Å². The molecule has 2 aromatic rings. The average molecular weight is 403 g/mol. The van der Waals surface area contributed by atoms with E-state index < -0.39 is 24.6 Å². The second-order valence-electron chi connectivity index (χ2n) is 7.39. The standard InChI is InChI=1S/C20H23N2O5P/c1-20(2,3)21-19(23)18(14-9-15-7-5-4-6-8-15)27-28(26)17-12-10-16(11-13-17)22(24)25/h4-8,10-13,18H,9,14H2,1-3H3/p+1. The van der Waals surface area contributed by atoms with Crippen LogP contribution in [-0.2, 0) is 20.3 Å². The molecular formula is C20H24N2O5P+. The first-order chi connectivity index (χ1) is 13.2. The maximum atomic E-state index is 12.6. The predicted molar refractivity (Wildman–Crippen MR) is 108 cm³/mol. The minimum Gasteiger partial charge on any atom is -0.349 e. The van der Waals surface area contributed by atoms with Crippen LogP contribution in [0.2, 0.25) is 0 Å². The van der Waals surface area contributed by atoms with Crippen molar-refractivity contribution in [1.82, 2.24) is 5.32 Å². The summed E-state index contributed by atoms with van der Waals surface area (Å²) in [6.07, 6.45) is 0.0465. The highest BCUT2D eigenvalue weighted by Gasteiger charge is 2.34. The number of nitrogens with one attached hydrogen (secondary N) is 1. The number of carbonyl (C=O) groups is 1. The lowest BCUT2D eigenvalue weighted by atomic mass is 10.0. The molecular weight excluding hydrogens is 379 g/mol. The van der Waals surface area contributed by atoms with Crippen molar-refractivity contribution in [2.45, 2.75) is 45.3 Å². The van der Waals surface area contributed by atoms with E-state index in [4.69, 9.17) is 4.52 Å². The molecule has 7 nitrogen and oxygen atoms in total. The number of rotatable bonds is 8. The molecule has 0 aliphatic carbocycles. The molecule has 0 fully saturated rings. The molecule has 148 valence electrons. The van der Waals surface area contributed by atoms with Gasteiger partial charge in [-0.05, 0) is 43.7 Å². The van der Waals surface area contributed by atoms with Gasteiger partial charge in [-0.1, -0.05) is 30.3 Å². The van der Waals surface area contributed by atoms with Crippen LogP contribution in [-0.4, -0.2) is 22.5 Å². The number of carbonyl (C=O) groups excluding carboxylic acids is 1. The van der Waals surface area contributed by atoms with E-state index in [1.807, 2.05) is 51.1 Å². The molecule has 2 aromatic carbocycles. The topological polar surface area (TPSA) is 98.5 Å². The summed E-state index contributed by atoms with van der Waals surface area (Å²) in [7, 11) is -2.33. The van der Waals surface area contributed by atoms with Crippen molar-refractivity contribution in [3.63, 3.8) is 0 Å². The molecule has 0 bridgehead atoms. The molecule has 0 spiro atoms. The highest BCUT2D eigenvalue weighted by molar-refractivity contribution is 7.48. The van der Waals surface area contributed by atoms with E-state index in [0.717, 1.165) is 5.56 Å². The van der Waals surface area contributed by atoms with Gasteiger partial charge in [0.1, 0.15) is 0 Å². The maximum Gasteiger partial charge on any atom is 0.549 e. The number of amides is 1. The van der Waals surface area contributed by atoms with Crippen LogP contribution in [0.1, 0.15) is 32.8 Å². The third-order valence-corrected chi connectivity index (χ3v) is 4.99. The van der Waals surface area contributed by atoms with Crippen molar-refractivity contribution < 1.29 is 18.8 Å². The highest BCUT2D eigenvalue weighted by atomic mass is 31.1. The van der Waals surface area contributed by atoms with E-state index in [-0.39, 0.29) is 11.6 Å². The number of hydrogen-bond donors (Lipinski definition) is 1. The summed E-state index contributed by atoms with van der Waals surface area (Å²) >= 11 is 0. The second-order valence-corrected chi connectivity index (χ2v) is 8.63. The van der Waals surface area contributed by atoms with Gasteiger partial charge in [-0.15, -0.1) is 4.52 Å². The molecule has 2 atom stereocenters. The fourth-order valence-corrected chi connectivity index (χ4v) is 3.44. The van der Waals surface area contributed by atoms with Crippen LogP contribution in [0.5, 0.6) is 0 Å². The van der Waals surface area contributed by atoms with Crippen LogP contribution in [0.25, 0.3) is 0 Å². The first-order valence-corrected chi connectivity index (χ1v) is 10.1. The number of nitrogens with zero attached hydrogens (tertiary/aromatic N) is 1. The fraction of sp³-hybridized carbons (Fsp3) is 0.350. The number of aryl methyl sites for hydroxylation is 1. The Balaban J connectivity index is 2.11. The molecule has 1 N–H and O–H groups in total. The molecule has 0 saturated heterocycles. The van der Waals surface area contributed by atoms with E-state index in [1.54, 1.807) is 0 Å². The van der Waals surface area contributed by atoms with Gasteiger partial charge in [0.2, 0.25) is 5.30 Å². The number of nitro groups is 1. The molecule has 0 aliphatic heterocycles. The number of hydrogen-bond acceptors (Lipinski definition) is 5. The maximum absolute atomic E-state index is 12.6. The number of benzene rings is 2. The summed E-state index contributed by atoms with van der Waals surface area (Å²) < 4.78 is 18.2. The van der Waals surface area contributed by atoms with Crippen LogP contribution in [0, 0.1) is 10.1 Å². The number of non-ortho nitro benzene ring substituents is 1. The summed E-state index contributed by atoms with van der Waals surface area (Å²) in [6, 6.07) is 14.9. The van der Waals surface area contributed by atoms with Crippen molar-refractivity contribution in [3.8, 4) is 0 Å². The van der Waals surface area contributed by atoms with Gasteiger partial charge in [0.25, 0.3) is 11.6 Å². The smallest absolute Gasteiger partial charge is 0.349 e. The second kappa shape index (κ2) is 9.53. The molecule has 0 aliphatic rings. The van der Waals surface area contributed by atoms with Crippen LogP contribution >= 0.6 is 8.03 Å². The molecule has 0 radical (unpaired) electrons. The lowest BCUT2D eigenvalue weighted by molar-refractivity contribution is -0.384. The van der Waals surface area contributed by atoms with Gasteiger partial charge in [0.15, 0.2) is 6.10 Å².